The van der Waals surface area contributed by atoms with Crippen molar-refractivity contribution in [3.63, 3.8) is 0 Å². The highest BCUT2D eigenvalue weighted by molar-refractivity contribution is 5.82. The van der Waals surface area contributed by atoms with E-state index in [0.29, 0.717) is 32.5 Å². The number of carbonyl (C=O) groups is 1. The van der Waals surface area contributed by atoms with Crippen LogP contribution in [-0.4, -0.2) is 54.5 Å². The summed E-state index contributed by atoms with van der Waals surface area (Å²) in [5.41, 5.74) is -0.712. The number of carbonyl (C=O) groups excluding carboxylic acids is 1. The molecule has 1 aliphatic carbocycles. The molecule has 0 aromatic heterocycles. The maximum absolute atomic E-state index is 11.4. The lowest BCUT2D eigenvalue weighted by Gasteiger charge is -2.47. The van der Waals surface area contributed by atoms with Crippen molar-refractivity contribution in [2.45, 2.75) is 70.1 Å². The van der Waals surface area contributed by atoms with Crippen molar-refractivity contribution in [3.05, 3.63) is 11.6 Å². The predicted octanol–water partition coefficient (Wildman–Crippen LogP) is 1.95. The first-order valence-electron chi connectivity index (χ1n) is 8.51. The molecule has 2 aliphatic heterocycles. The Hall–Kier alpha value is -0.950. The molecule has 6 heteroatoms. The Morgan fingerprint density at radius 1 is 1.25 bits per heavy atom. The van der Waals surface area contributed by atoms with E-state index < -0.39 is 29.1 Å². The van der Waals surface area contributed by atoms with Crippen LogP contribution in [0.3, 0.4) is 0 Å². The zero-order chi connectivity index (χ0) is 17.8. The van der Waals surface area contributed by atoms with Crippen LogP contribution in [0.2, 0.25) is 0 Å². The Balaban J connectivity index is 1.81. The first-order chi connectivity index (χ1) is 11.1. The van der Waals surface area contributed by atoms with E-state index in [9.17, 15) is 9.90 Å². The van der Waals surface area contributed by atoms with E-state index in [2.05, 4.69) is 18.6 Å². The van der Waals surface area contributed by atoms with E-state index in [1.54, 1.807) is 0 Å². The first-order valence-corrected chi connectivity index (χ1v) is 8.51. The molecule has 3 rings (SSSR count). The van der Waals surface area contributed by atoms with Crippen LogP contribution in [0.4, 0.5) is 0 Å². The lowest BCUT2D eigenvalue weighted by Crippen LogP contribution is -2.58. The summed E-state index contributed by atoms with van der Waals surface area (Å²) in [7, 11) is 1.34. The van der Waals surface area contributed by atoms with Gasteiger partial charge in [0.25, 0.3) is 0 Å². The van der Waals surface area contributed by atoms with Crippen molar-refractivity contribution in [1.82, 2.24) is 0 Å². The maximum atomic E-state index is 11.4. The molecule has 0 radical (unpaired) electrons. The summed E-state index contributed by atoms with van der Waals surface area (Å²) in [5.74, 6) is -1.01. The topological polar surface area (TPSA) is 77.5 Å². The van der Waals surface area contributed by atoms with Crippen molar-refractivity contribution >= 4 is 5.97 Å². The minimum atomic E-state index is -0.711. The molecule has 1 saturated carbocycles. The third-order valence-corrected chi connectivity index (χ3v) is 5.82. The van der Waals surface area contributed by atoms with Gasteiger partial charge < -0.3 is 24.1 Å². The normalized spacial score (nSPS) is 37.8. The van der Waals surface area contributed by atoms with Crippen molar-refractivity contribution in [3.8, 4) is 0 Å². The van der Waals surface area contributed by atoms with Crippen molar-refractivity contribution in [1.29, 1.82) is 0 Å². The van der Waals surface area contributed by atoms with Gasteiger partial charge in [-0.05, 0) is 20.3 Å². The van der Waals surface area contributed by atoms with Crippen LogP contribution in [0.1, 0.15) is 47.0 Å². The summed E-state index contributed by atoms with van der Waals surface area (Å²) >= 11 is 0. The second kappa shape index (κ2) is 5.53. The standard InChI is InChI=1S/C18H28O6/c1-12(9-14(20)21-5)8-13(19)18-15(2,3)10-17(22-6-7-23-17)11-16(18,4)24-18/h9,13,19H,6-8,10-11H2,1-5H3/b12-9-/t13?,16-,18+/m1/s1. The molecule has 2 heterocycles. The lowest BCUT2D eigenvalue weighted by atomic mass is 9.59. The maximum Gasteiger partial charge on any atom is 0.330 e. The summed E-state index contributed by atoms with van der Waals surface area (Å²) in [4.78, 5) is 11.4. The molecule has 0 amide bonds. The van der Waals surface area contributed by atoms with Crippen molar-refractivity contribution in [2.75, 3.05) is 20.3 Å². The number of esters is 1. The molecule has 3 aliphatic rings. The van der Waals surface area contributed by atoms with Gasteiger partial charge in [0.15, 0.2) is 5.79 Å². The predicted molar refractivity (Wildman–Crippen MR) is 86.3 cm³/mol. The highest BCUT2D eigenvalue weighted by Crippen LogP contribution is 2.70. The number of aliphatic hydroxyl groups is 1. The van der Waals surface area contributed by atoms with Gasteiger partial charge in [-0.3, -0.25) is 0 Å². The number of hydrogen-bond donors (Lipinski definition) is 1. The summed E-state index contributed by atoms with van der Waals surface area (Å²) in [6, 6.07) is 0. The SMILES string of the molecule is COC(=O)/C=C(/C)CC(O)[C@@]12O[C@]1(C)CC1(CC2(C)C)OCCO1. The highest BCUT2D eigenvalue weighted by atomic mass is 16.7. The molecule has 1 spiro atoms. The quantitative estimate of drug-likeness (QED) is 0.479. The molecular formula is C18H28O6. The van der Waals surface area contributed by atoms with Gasteiger partial charge in [-0.25, -0.2) is 4.79 Å². The minimum Gasteiger partial charge on any atom is -0.466 e. The molecule has 2 saturated heterocycles. The van der Waals surface area contributed by atoms with Crippen LogP contribution in [0, 0.1) is 5.41 Å². The fourth-order valence-electron chi connectivity index (χ4n) is 5.07. The molecule has 136 valence electrons. The molecule has 3 fully saturated rings. The van der Waals surface area contributed by atoms with Gasteiger partial charge in [0, 0.05) is 24.3 Å². The van der Waals surface area contributed by atoms with Gasteiger partial charge in [0.1, 0.15) is 11.2 Å². The van der Waals surface area contributed by atoms with E-state index in [0.717, 1.165) is 5.57 Å². The Morgan fingerprint density at radius 3 is 2.42 bits per heavy atom. The molecule has 0 aromatic rings. The average molecular weight is 340 g/mol. The molecule has 3 atom stereocenters. The van der Waals surface area contributed by atoms with Gasteiger partial charge in [0.2, 0.25) is 0 Å². The second-order valence-corrected chi connectivity index (χ2v) is 8.15. The number of aliphatic hydroxyl groups excluding tert-OH is 1. The van der Waals surface area contributed by atoms with Crippen LogP contribution < -0.4 is 0 Å². The molecule has 1 N–H and O–H groups in total. The monoisotopic (exact) mass is 340 g/mol. The molecule has 0 aromatic carbocycles. The van der Waals surface area contributed by atoms with E-state index in [4.69, 9.17) is 14.2 Å². The third kappa shape index (κ3) is 2.51. The second-order valence-electron chi connectivity index (χ2n) is 8.15. The van der Waals surface area contributed by atoms with Gasteiger partial charge >= 0.3 is 5.97 Å². The number of epoxide rings is 1. The summed E-state index contributed by atoms with van der Waals surface area (Å²) in [5, 5.41) is 11.0. The Kier molecular flexibility index (Phi) is 4.11. The summed E-state index contributed by atoms with van der Waals surface area (Å²) < 4.78 is 22.6. The fraction of sp³-hybridized carbons (Fsp3) is 0.833. The molecule has 6 nitrogen and oxygen atoms in total. The number of rotatable bonds is 4. The zero-order valence-electron chi connectivity index (χ0n) is 15.2. The highest BCUT2D eigenvalue weighted by Gasteiger charge is 2.81. The Bertz CT molecular complexity index is 562. The van der Waals surface area contributed by atoms with Gasteiger partial charge in [-0.15, -0.1) is 0 Å². The first kappa shape index (κ1) is 17.9. The van der Waals surface area contributed by atoms with Crippen molar-refractivity contribution < 1.29 is 28.8 Å². The molecule has 24 heavy (non-hydrogen) atoms. The molecular weight excluding hydrogens is 312 g/mol. The largest absolute Gasteiger partial charge is 0.466 e. The van der Waals surface area contributed by atoms with E-state index in [1.807, 2.05) is 13.8 Å². The number of methoxy groups -OCH3 is 1. The molecule has 0 bridgehead atoms. The van der Waals surface area contributed by atoms with Gasteiger partial charge in [-0.1, -0.05) is 19.4 Å². The van der Waals surface area contributed by atoms with Crippen LogP contribution in [0.15, 0.2) is 11.6 Å². The minimum absolute atomic E-state index is 0.324. The number of ether oxygens (including phenoxy) is 4. The Labute approximate surface area is 143 Å². The van der Waals surface area contributed by atoms with Crippen LogP contribution >= 0.6 is 0 Å². The number of fused-ring (bicyclic) bond motifs is 1. The smallest absolute Gasteiger partial charge is 0.330 e. The van der Waals surface area contributed by atoms with Gasteiger partial charge in [0.05, 0.1) is 26.4 Å². The fourth-order valence-corrected chi connectivity index (χ4v) is 5.07. The van der Waals surface area contributed by atoms with E-state index in [-0.39, 0.29) is 5.41 Å². The lowest BCUT2D eigenvalue weighted by molar-refractivity contribution is -0.209. The summed E-state index contributed by atoms with van der Waals surface area (Å²) in [6.45, 7) is 9.21. The number of hydrogen-bond acceptors (Lipinski definition) is 6. The Morgan fingerprint density at radius 2 is 1.88 bits per heavy atom. The average Bonchev–Trinajstić information content (AvgIpc) is 2.89. The van der Waals surface area contributed by atoms with Crippen LogP contribution in [0.25, 0.3) is 0 Å². The van der Waals surface area contributed by atoms with Gasteiger partial charge in [-0.2, -0.15) is 0 Å². The van der Waals surface area contributed by atoms with Crippen LogP contribution in [-0.2, 0) is 23.7 Å². The summed E-state index contributed by atoms with van der Waals surface area (Å²) in [6.07, 6.45) is 2.35. The molecule has 1 unspecified atom stereocenters. The van der Waals surface area contributed by atoms with Crippen LogP contribution in [0.5, 0.6) is 0 Å². The van der Waals surface area contributed by atoms with Crippen molar-refractivity contribution in [2.24, 2.45) is 5.41 Å². The zero-order valence-corrected chi connectivity index (χ0v) is 15.2. The third-order valence-electron chi connectivity index (χ3n) is 5.82. The van der Waals surface area contributed by atoms with E-state index >= 15 is 0 Å². The van der Waals surface area contributed by atoms with E-state index in [1.165, 1.54) is 13.2 Å².